The highest BCUT2D eigenvalue weighted by Gasteiger charge is 2.08. The van der Waals surface area contributed by atoms with Crippen LogP contribution in [0.5, 0.6) is 5.75 Å². The smallest absolute Gasteiger partial charge is 0.229 e. The highest BCUT2D eigenvalue weighted by Crippen LogP contribution is 2.29. The summed E-state index contributed by atoms with van der Waals surface area (Å²) in [6.45, 7) is 2.02. The van der Waals surface area contributed by atoms with Gasteiger partial charge in [-0.3, -0.25) is 0 Å². The zero-order valence-electron chi connectivity index (χ0n) is 8.40. The first-order valence-corrected chi connectivity index (χ1v) is 4.74. The topological polar surface area (TPSA) is 72.3 Å². The van der Waals surface area contributed by atoms with Crippen LogP contribution in [0.25, 0.3) is 11.1 Å². The van der Waals surface area contributed by atoms with Gasteiger partial charge in [0.1, 0.15) is 5.75 Å². The number of hydrogen-bond acceptors (Lipinski definition) is 4. The molecule has 0 atom stereocenters. The van der Waals surface area contributed by atoms with E-state index in [9.17, 15) is 5.11 Å². The Morgan fingerprint density at radius 3 is 2.80 bits per heavy atom. The van der Waals surface area contributed by atoms with E-state index in [1.165, 1.54) is 0 Å². The fourth-order valence-electron chi connectivity index (χ4n) is 1.50. The van der Waals surface area contributed by atoms with Gasteiger partial charge in [-0.2, -0.15) is 0 Å². The molecule has 0 fully saturated rings. The minimum absolute atomic E-state index is 0.227. The molecule has 4 nitrogen and oxygen atoms in total. The van der Waals surface area contributed by atoms with Crippen molar-refractivity contribution < 1.29 is 9.63 Å². The molecular weight excluding hydrogens is 192 g/mol. The summed E-state index contributed by atoms with van der Waals surface area (Å²) in [5.41, 5.74) is 8.18. The van der Waals surface area contributed by atoms with Crippen molar-refractivity contribution >= 4 is 5.88 Å². The molecule has 0 radical (unpaired) electrons. The predicted molar refractivity (Wildman–Crippen MR) is 57.4 cm³/mol. The van der Waals surface area contributed by atoms with Crippen molar-refractivity contribution in [2.24, 2.45) is 0 Å². The van der Waals surface area contributed by atoms with Crippen LogP contribution in [0.15, 0.2) is 28.9 Å². The number of phenols is 1. The van der Waals surface area contributed by atoms with Crippen LogP contribution in [0.2, 0.25) is 0 Å². The fourth-order valence-corrected chi connectivity index (χ4v) is 1.50. The summed E-state index contributed by atoms with van der Waals surface area (Å²) < 4.78 is 4.78. The molecule has 0 unspecified atom stereocenters. The average molecular weight is 204 g/mol. The molecule has 0 aliphatic carbocycles. The average Bonchev–Trinajstić information content (AvgIpc) is 2.63. The van der Waals surface area contributed by atoms with Gasteiger partial charge in [0.15, 0.2) is 0 Å². The van der Waals surface area contributed by atoms with Crippen LogP contribution in [0, 0.1) is 0 Å². The minimum atomic E-state index is 0.227. The molecule has 78 valence electrons. The first-order valence-electron chi connectivity index (χ1n) is 4.74. The van der Waals surface area contributed by atoms with Gasteiger partial charge in [-0.15, -0.1) is 0 Å². The molecule has 15 heavy (non-hydrogen) atoms. The Labute approximate surface area is 87.3 Å². The molecule has 0 spiro atoms. The molecule has 1 aromatic carbocycles. The van der Waals surface area contributed by atoms with Crippen molar-refractivity contribution in [1.29, 1.82) is 0 Å². The normalized spacial score (nSPS) is 10.5. The quantitative estimate of drug-likeness (QED) is 0.786. The molecule has 0 aliphatic heterocycles. The van der Waals surface area contributed by atoms with E-state index in [4.69, 9.17) is 10.3 Å². The van der Waals surface area contributed by atoms with E-state index in [2.05, 4.69) is 5.16 Å². The minimum Gasteiger partial charge on any atom is -0.508 e. The second-order valence-electron chi connectivity index (χ2n) is 3.35. The van der Waals surface area contributed by atoms with E-state index < -0.39 is 0 Å². The lowest BCUT2D eigenvalue weighted by Crippen LogP contribution is -1.87. The molecule has 2 aromatic rings. The number of anilines is 1. The lowest BCUT2D eigenvalue weighted by Gasteiger charge is -2.03. The maximum absolute atomic E-state index is 9.52. The van der Waals surface area contributed by atoms with Crippen LogP contribution in [0.1, 0.15) is 12.5 Å². The van der Waals surface area contributed by atoms with Crippen LogP contribution in [0.4, 0.5) is 5.88 Å². The number of rotatable bonds is 2. The third-order valence-electron chi connectivity index (χ3n) is 2.30. The Hall–Kier alpha value is -1.97. The van der Waals surface area contributed by atoms with Crippen LogP contribution in [-0.4, -0.2) is 10.3 Å². The second kappa shape index (κ2) is 3.65. The summed E-state index contributed by atoms with van der Waals surface area (Å²) in [5, 5.41) is 13.1. The van der Waals surface area contributed by atoms with Gasteiger partial charge in [-0.25, -0.2) is 0 Å². The lowest BCUT2D eigenvalue weighted by atomic mass is 10.0. The largest absolute Gasteiger partial charge is 0.508 e. The van der Waals surface area contributed by atoms with Gasteiger partial charge in [0, 0.05) is 0 Å². The van der Waals surface area contributed by atoms with Gasteiger partial charge >= 0.3 is 0 Å². The molecule has 1 heterocycles. The van der Waals surface area contributed by atoms with E-state index in [0.29, 0.717) is 5.56 Å². The lowest BCUT2D eigenvalue weighted by molar-refractivity contribution is 0.436. The number of aryl methyl sites for hydroxylation is 1. The highest BCUT2D eigenvalue weighted by atomic mass is 16.5. The van der Waals surface area contributed by atoms with E-state index in [1.807, 2.05) is 13.0 Å². The number of aromatic hydroxyl groups is 1. The Morgan fingerprint density at radius 2 is 2.20 bits per heavy atom. The molecule has 1 aromatic heterocycles. The molecule has 2 rings (SSSR count). The van der Waals surface area contributed by atoms with Crippen LogP contribution in [0.3, 0.4) is 0 Å². The maximum Gasteiger partial charge on any atom is 0.229 e. The number of aromatic nitrogens is 1. The zero-order valence-corrected chi connectivity index (χ0v) is 8.40. The van der Waals surface area contributed by atoms with E-state index in [1.54, 1.807) is 18.3 Å². The van der Waals surface area contributed by atoms with Crippen LogP contribution >= 0.6 is 0 Å². The number of nitrogen functional groups attached to an aromatic ring is 1. The van der Waals surface area contributed by atoms with Crippen LogP contribution < -0.4 is 5.73 Å². The Bertz CT molecular complexity index is 477. The molecule has 0 saturated heterocycles. The number of benzene rings is 1. The summed E-state index contributed by atoms with van der Waals surface area (Å²) in [6.07, 6.45) is 2.40. The van der Waals surface area contributed by atoms with Gasteiger partial charge in [-0.1, -0.05) is 18.1 Å². The summed E-state index contributed by atoms with van der Waals surface area (Å²) in [7, 11) is 0. The van der Waals surface area contributed by atoms with Crippen molar-refractivity contribution in [3.63, 3.8) is 0 Å². The maximum atomic E-state index is 9.52. The molecule has 0 bridgehead atoms. The van der Waals surface area contributed by atoms with E-state index >= 15 is 0 Å². The van der Waals surface area contributed by atoms with E-state index in [0.717, 1.165) is 17.5 Å². The van der Waals surface area contributed by atoms with Gasteiger partial charge in [-0.05, 0) is 29.7 Å². The standard InChI is InChI=1S/C11H12N2O2/c1-2-7-3-8(5-9(14)4-7)10-6-13-15-11(10)12/h3-6,14H,2,12H2,1H3. The van der Waals surface area contributed by atoms with Crippen molar-refractivity contribution in [2.75, 3.05) is 5.73 Å². The summed E-state index contributed by atoms with van der Waals surface area (Å²) in [5.74, 6) is 0.493. The first-order chi connectivity index (χ1) is 7.20. The predicted octanol–water partition coefficient (Wildman–Crippen LogP) is 2.19. The number of hydrogen-bond donors (Lipinski definition) is 2. The monoisotopic (exact) mass is 204 g/mol. The van der Waals surface area contributed by atoms with Gasteiger partial charge < -0.3 is 15.4 Å². The SMILES string of the molecule is CCc1cc(O)cc(-c2cnoc2N)c1. The van der Waals surface area contributed by atoms with Crippen molar-refractivity contribution in [3.8, 4) is 16.9 Å². The Kier molecular flexibility index (Phi) is 2.33. The van der Waals surface area contributed by atoms with E-state index in [-0.39, 0.29) is 11.6 Å². The fraction of sp³-hybridized carbons (Fsp3) is 0.182. The summed E-state index contributed by atoms with van der Waals surface area (Å²) >= 11 is 0. The Morgan fingerprint density at radius 1 is 1.40 bits per heavy atom. The van der Waals surface area contributed by atoms with Crippen LogP contribution in [-0.2, 0) is 6.42 Å². The van der Waals surface area contributed by atoms with Crippen molar-refractivity contribution in [2.45, 2.75) is 13.3 Å². The molecule has 4 heteroatoms. The van der Waals surface area contributed by atoms with Gasteiger partial charge in [0.25, 0.3) is 0 Å². The number of nitrogens with two attached hydrogens (primary N) is 1. The molecule has 3 N–H and O–H groups in total. The summed E-state index contributed by atoms with van der Waals surface area (Å²) in [6, 6.07) is 5.33. The van der Waals surface area contributed by atoms with Crippen molar-refractivity contribution in [3.05, 3.63) is 30.0 Å². The number of nitrogens with zero attached hydrogens (tertiary/aromatic N) is 1. The Balaban J connectivity index is 2.53. The number of phenolic OH excluding ortho intramolecular Hbond substituents is 1. The molecule has 0 saturated carbocycles. The second-order valence-corrected chi connectivity index (χ2v) is 3.35. The molecular formula is C11H12N2O2. The highest BCUT2D eigenvalue weighted by molar-refractivity contribution is 5.73. The third kappa shape index (κ3) is 1.79. The third-order valence-corrected chi connectivity index (χ3v) is 2.30. The molecule has 0 amide bonds. The van der Waals surface area contributed by atoms with Crippen molar-refractivity contribution in [1.82, 2.24) is 5.16 Å². The summed E-state index contributed by atoms with van der Waals surface area (Å²) in [4.78, 5) is 0. The molecule has 0 aliphatic rings. The zero-order chi connectivity index (χ0) is 10.8. The first kappa shape index (κ1) is 9.58. The van der Waals surface area contributed by atoms with Gasteiger partial charge in [0.2, 0.25) is 5.88 Å². The van der Waals surface area contributed by atoms with Gasteiger partial charge in [0.05, 0.1) is 11.8 Å².